The molecule has 0 radical (unpaired) electrons. The van der Waals surface area contributed by atoms with Crippen LogP contribution in [-0.2, 0) is 0 Å². The number of hydrogen-bond acceptors (Lipinski definition) is 2. The van der Waals surface area contributed by atoms with Crippen LogP contribution in [0.25, 0.3) is 0 Å². The minimum atomic E-state index is -0.185. The Bertz CT molecular complexity index is 206. The molecule has 1 atom stereocenters. The molecule has 0 aromatic rings. The Balaban J connectivity index is 0. The molecule has 0 bridgehead atoms. The molecule has 1 N–H and O–H groups in total. The van der Waals surface area contributed by atoms with Crippen molar-refractivity contribution in [2.75, 3.05) is 5.75 Å². The molecule has 1 nitrogen and oxygen atoms in total. The highest BCUT2D eigenvalue weighted by Crippen LogP contribution is 2.14. The molecule has 0 amide bonds. The highest BCUT2D eigenvalue weighted by molar-refractivity contribution is 7.80. The molecular weight excluding hydrogens is 324 g/mol. The largest absolute Gasteiger partial charge is 0.392 e. The first-order chi connectivity index (χ1) is 12.2. The summed E-state index contributed by atoms with van der Waals surface area (Å²) in [7, 11) is 0. The summed E-state index contributed by atoms with van der Waals surface area (Å²) in [5.74, 6) is 0.610. The van der Waals surface area contributed by atoms with E-state index in [1.165, 1.54) is 109 Å². The van der Waals surface area contributed by atoms with E-state index >= 15 is 0 Å². The lowest BCUT2D eigenvalue weighted by Gasteiger charge is -2.06. The zero-order chi connectivity index (χ0) is 19.0. The molecule has 0 saturated carbocycles. The fourth-order valence-electron chi connectivity index (χ4n) is 2.84. The summed E-state index contributed by atoms with van der Waals surface area (Å²) in [4.78, 5) is 0. The molecule has 0 saturated heterocycles. The van der Waals surface area contributed by atoms with Gasteiger partial charge in [0, 0.05) is 5.75 Å². The van der Waals surface area contributed by atoms with Crippen molar-refractivity contribution in [3.63, 3.8) is 0 Å². The Labute approximate surface area is 166 Å². The minimum absolute atomic E-state index is 0.185. The van der Waals surface area contributed by atoms with E-state index in [2.05, 4.69) is 33.4 Å². The summed E-state index contributed by atoms with van der Waals surface area (Å²) in [6.07, 6.45) is 24.3. The second-order valence-electron chi connectivity index (χ2n) is 7.57. The second-order valence-corrected chi connectivity index (χ2v) is 7.94. The van der Waals surface area contributed by atoms with Gasteiger partial charge in [0.25, 0.3) is 0 Å². The van der Waals surface area contributed by atoms with Gasteiger partial charge in [0.2, 0.25) is 0 Å². The molecule has 0 aliphatic rings. The Morgan fingerprint density at radius 2 is 0.840 bits per heavy atom. The minimum Gasteiger partial charge on any atom is -0.392 e. The van der Waals surface area contributed by atoms with Crippen LogP contribution >= 0.6 is 12.6 Å². The Kier molecular flexibility index (Phi) is 29.2. The topological polar surface area (TPSA) is 20.2 Å². The maximum atomic E-state index is 9.39. The van der Waals surface area contributed by atoms with Gasteiger partial charge in [-0.3, -0.25) is 0 Å². The van der Waals surface area contributed by atoms with Crippen molar-refractivity contribution in [3.8, 4) is 0 Å². The van der Waals surface area contributed by atoms with Crippen molar-refractivity contribution < 1.29 is 5.11 Å². The van der Waals surface area contributed by atoms with Gasteiger partial charge in [0.05, 0.1) is 6.10 Å². The second kappa shape index (κ2) is 26.5. The standard InChI is InChI=1S/C19H40OS.C4H10/c1-2-3-4-5-6-7-8-9-10-11-12-13-14-15-16-17-19(20)18-21;1-3-4-2/h19-21H,2-18H2,1H3;3-4H2,1-2H3. The average Bonchev–Trinajstić information content (AvgIpc) is 2.64. The van der Waals surface area contributed by atoms with Gasteiger partial charge in [-0.1, -0.05) is 130 Å². The summed E-state index contributed by atoms with van der Waals surface area (Å²) in [6.45, 7) is 6.64. The van der Waals surface area contributed by atoms with Crippen LogP contribution in [0.4, 0.5) is 0 Å². The predicted octanol–water partition coefficient (Wildman–Crippen LogP) is 8.35. The van der Waals surface area contributed by atoms with Crippen LogP contribution in [0.1, 0.15) is 136 Å². The lowest BCUT2D eigenvalue weighted by molar-refractivity contribution is 0.185. The molecule has 154 valence electrons. The van der Waals surface area contributed by atoms with Gasteiger partial charge < -0.3 is 5.11 Å². The summed E-state index contributed by atoms with van der Waals surface area (Å²) in [6, 6.07) is 0. The van der Waals surface area contributed by atoms with Crippen LogP contribution in [0, 0.1) is 0 Å². The number of aliphatic hydroxyl groups is 1. The zero-order valence-electron chi connectivity index (χ0n) is 17.9. The third kappa shape index (κ3) is 29.3. The van der Waals surface area contributed by atoms with E-state index < -0.39 is 0 Å². The Morgan fingerprint density at radius 3 is 1.12 bits per heavy atom. The van der Waals surface area contributed by atoms with Gasteiger partial charge in [-0.25, -0.2) is 0 Å². The molecule has 25 heavy (non-hydrogen) atoms. The van der Waals surface area contributed by atoms with E-state index in [1.54, 1.807) is 0 Å². The number of unbranched alkanes of at least 4 members (excludes halogenated alkanes) is 15. The van der Waals surface area contributed by atoms with Gasteiger partial charge in [0.1, 0.15) is 0 Å². The molecule has 0 aliphatic carbocycles. The Morgan fingerprint density at radius 1 is 0.520 bits per heavy atom. The smallest absolute Gasteiger partial charge is 0.0628 e. The molecule has 0 aliphatic heterocycles. The summed E-state index contributed by atoms with van der Waals surface area (Å²) in [5, 5.41) is 9.39. The fraction of sp³-hybridized carbons (Fsp3) is 1.00. The molecule has 0 spiro atoms. The first kappa shape index (κ1) is 27.5. The zero-order valence-corrected chi connectivity index (χ0v) is 18.8. The fourth-order valence-corrected chi connectivity index (χ4v) is 3.03. The van der Waals surface area contributed by atoms with Gasteiger partial charge in [-0.15, -0.1) is 0 Å². The SMILES string of the molecule is CCCC.CCCCCCCCCCCCCCCCCC(O)CS. The average molecular weight is 375 g/mol. The summed E-state index contributed by atoms with van der Waals surface area (Å²) >= 11 is 4.09. The van der Waals surface area contributed by atoms with Crippen LogP contribution in [-0.4, -0.2) is 17.0 Å². The highest BCUT2D eigenvalue weighted by Gasteiger charge is 2.00. The predicted molar refractivity (Wildman–Crippen MR) is 120 cm³/mol. The first-order valence-corrected chi connectivity index (χ1v) is 12.1. The van der Waals surface area contributed by atoms with E-state index in [-0.39, 0.29) is 6.10 Å². The van der Waals surface area contributed by atoms with Gasteiger partial charge in [-0.2, -0.15) is 12.6 Å². The van der Waals surface area contributed by atoms with E-state index in [0.29, 0.717) is 5.75 Å². The quantitative estimate of drug-likeness (QED) is 0.182. The summed E-state index contributed by atoms with van der Waals surface area (Å²) in [5.41, 5.74) is 0. The lowest BCUT2D eigenvalue weighted by atomic mass is 10.0. The molecule has 0 fully saturated rings. The third-order valence-electron chi connectivity index (χ3n) is 4.85. The molecule has 0 rings (SSSR count). The van der Waals surface area contributed by atoms with Crippen molar-refractivity contribution >= 4 is 12.6 Å². The van der Waals surface area contributed by atoms with Gasteiger partial charge >= 0.3 is 0 Å². The van der Waals surface area contributed by atoms with Crippen molar-refractivity contribution in [3.05, 3.63) is 0 Å². The van der Waals surface area contributed by atoms with Crippen molar-refractivity contribution in [2.24, 2.45) is 0 Å². The van der Waals surface area contributed by atoms with Crippen LogP contribution < -0.4 is 0 Å². The Hall–Kier alpha value is 0.310. The third-order valence-corrected chi connectivity index (χ3v) is 5.27. The van der Waals surface area contributed by atoms with E-state index in [0.717, 1.165) is 6.42 Å². The van der Waals surface area contributed by atoms with Crippen molar-refractivity contribution in [1.82, 2.24) is 0 Å². The van der Waals surface area contributed by atoms with Crippen molar-refractivity contribution in [2.45, 2.75) is 142 Å². The lowest BCUT2D eigenvalue weighted by Crippen LogP contribution is -2.07. The van der Waals surface area contributed by atoms with E-state index in [4.69, 9.17) is 0 Å². The first-order valence-electron chi connectivity index (χ1n) is 11.5. The number of aliphatic hydroxyl groups excluding tert-OH is 1. The summed E-state index contributed by atoms with van der Waals surface area (Å²) < 4.78 is 0. The molecule has 0 heterocycles. The normalized spacial score (nSPS) is 11.9. The van der Waals surface area contributed by atoms with Gasteiger partial charge in [-0.05, 0) is 6.42 Å². The van der Waals surface area contributed by atoms with E-state index in [9.17, 15) is 5.11 Å². The monoisotopic (exact) mass is 374 g/mol. The number of hydrogen-bond donors (Lipinski definition) is 2. The molecular formula is C23H50OS. The number of thiol groups is 1. The van der Waals surface area contributed by atoms with Gasteiger partial charge in [0.15, 0.2) is 0 Å². The molecule has 1 unspecified atom stereocenters. The number of rotatable bonds is 18. The van der Waals surface area contributed by atoms with E-state index in [1.807, 2.05) is 0 Å². The van der Waals surface area contributed by atoms with Crippen LogP contribution in [0.5, 0.6) is 0 Å². The van der Waals surface area contributed by atoms with Crippen LogP contribution in [0.2, 0.25) is 0 Å². The molecule has 0 aromatic carbocycles. The van der Waals surface area contributed by atoms with Crippen molar-refractivity contribution in [1.29, 1.82) is 0 Å². The maximum Gasteiger partial charge on any atom is 0.0628 e. The molecule has 0 aromatic heterocycles. The van der Waals surface area contributed by atoms with Crippen LogP contribution in [0.15, 0.2) is 0 Å². The maximum absolute atomic E-state index is 9.39. The highest BCUT2D eigenvalue weighted by atomic mass is 32.1. The van der Waals surface area contributed by atoms with Crippen LogP contribution in [0.3, 0.4) is 0 Å². The molecule has 2 heteroatoms.